The summed E-state index contributed by atoms with van der Waals surface area (Å²) in [7, 11) is 0. The molecule has 2 aliphatic rings. The molecule has 3 nitrogen and oxygen atoms in total. The summed E-state index contributed by atoms with van der Waals surface area (Å²) >= 11 is 0. The molecule has 11 heavy (non-hydrogen) atoms. The van der Waals surface area contributed by atoms with Gasteiger partial charge in [0.1, 0.15) is 5.78 Å². The molecule has 0 spiro atoms. The molecule has 2 fully saturated rings. The smallest absolute Gasteiger partial charge is 0.135 e. The van der Waals surface area contributed by atoms with E-state index in [1.165, 1.54) is 0 Å². The Kier molecular flexibility index (Phi) is 1.92. The molecule has 0 N–H and O–H groups in total. The van der Waals surface area contributed by atoms with Gasteiger partial charge >= 0.3 is 0 Å². The Hall–Kier alpha value is -0.410. The van der Waals surface area contributed by atoms with Crippen LogP contribution in [0.5, 0.6) is 0 Å². The molecular formula is C8H13NO2. The fraction of sp³-hybridized carbons (Fsp3) is 0.875. The van der Waals surface area contributed by atoms with Crippen LogP contribution >= 0.6 is 0 Å². The topological polar surface area (TPSA) is 29.5 Å². The first-order valence-electron chi connectivity index (χ1n) is 4.20. The lowest BCUT2D eigenvalue weighted by Crippen LogP contribution is -2.50. The summed E-state index contributed by atoms with van der Waals surface area (Å²) in [6.45, 7) is 3.56. The van der Waals surface area contributed by atoms with E-state index in [4.69, 9.17) is 4.74 Å². The number of hydrogen-bond donors (Lipinski definition) is 0. The third-order valence-electron chi connectivity index (χ3n) is 2.49. The predicted molar refractivity (Wildman–Crippen MR) is 40.4 cm³/mol. The molecule has 0 radical (unpaired) electrons. The Balaban J connectivity index is 1.98. The lowest BCUT2D eigenvalue weighted by molar-refractivity contribution is -0.126. The summed E-state index contributed by atoms with van der Waals surface area (Å²) in [6.07, 6.45) is 1.45. The summed E-state index contributed by atoms with van der Waals surface area (Å²) in [4.78, 5) is 13.4. The molecule has 0 aliphatic carbocycles. The van der Waals surface area contributed by atoms with Gasteiger partial charge in [-0.1, -0.05) is 0 Å². The first kappa shape index (κ1) is 7.25. The van der Waals surface area contributed by atoms with Gasteiger partial charge in [-0.05, 0) is 0 Å². The molecule has 2 rings (SSSR count). The van der Waals surface area contributed by atoms with E-state index < -0.39 is 0 Å². The molecule has 0 bridgehead atoms. The second-order valence-electron chi connectivity index (χ2n) is 3.26. The Morgan fingerprint density at radius 3 is 3.27 bits per heavy atom. The van der Waals surface area contributed by atoms with Crippen molar-refractivity contribution < 1.29 is 9.53 Å². The molecule has 0 amide bonds. The first-order chi connectivity index (χ1) is 5.36. The number of hydrogen-bond acceptors (Lipinski definition) is 3. The highest BCUT2D eigenvalue weighted by Gasteiger charge is 2.29. The average Bonchev–Trinajstić information content (AvgIpc) is 2.04. The van der Waals surface area contributed by atoms with Crippen LogP contribution < -0.4 is 0 Å². The van der Waals surface area contributed by atoms with Crippen LogP contribution in [0.3, 0.4) is 0 Å². The van der Waals surface area contributed by atoms with Crippen molar-refractivity contribution in [1.82, 2.24) is 4.90 Å². The summed E-state index contributed by atoms with van der Waals surface area (Å²) in [5.74, 6) is 0.400. The molecule has 3 heteroatoms. The molecule has 2 saturated heterocycles. The van der Waals surface area contributed by atoms with E-state index in [2.05, 4.69) is 4.90 Å². The van der Waals surface area contributed by atoms with Crippen LogP contribution in [0.15, 0.2) is 0 Å². The minimum absolute atomic E-state index is 0.394. The molecule has 0 aromatic carbocycles. The lowest BCUT2D eigenvalue weighted by atomic mass is 10.0. The van der Waals surface area contributed by atoms with Crippen molar-refractivity contribution in [3.63, 3.8) is 0 Å². The molecule has 1 atom stereocenters. The van der Waals surface area contributed by atoms with Gasteiger partial charge in [-0.3, -0.25) is 9.69 Å². The minimum Gasteiger partial charge on any atom is -0.378 e. The molecule has 0 saturated carbocycles. The van der Waals surface area contributed by atoms with Gasteiger partial charge in [0, 0.05) is 32.0 Å². The van der Waals surface area contributed by atoms with Crippen molar-refractivity contribution in [3.05, 3.63) is 0 Å². The summed E-state index contributed by atoms with van der Waals surface area (Å²) in [5, 5.41) is 0. The molecule has 2 heterocycles. The van der Waals surface area contributed by atoms with Gasteiger partial charge < -0.3 is 4.74 Å². The number of morpholine rings is 1. The number of Topliss-reactive ketones (excluding diaryl/α,β-unsaturated/α-hetero) is 1. The van der Waals surface area contributed by atoms with Crippen LogP contribution in [0.2, 0.25) is 0 Å². The fourth-order valence-corrected chi connectivity index (χ4v) is 1.80. The lowest BCUT2D eigenvalue weighted by Gasteiger charge is -2.38. The van der Waals surface area contributed by atoms with E-state index in [9.17, 15) is 4.79 Å². The number of nitrogens with zero attached hydrogens (tertiary/aromatic N) is 1. The van der Waals surface area contributed by atoms with Crippen LogP contribution in [0.4, 0.5) is 0 Å². The zero-order chi connectivity index (χ0) is 7.68. The largest absolute Gasteiger partial charge is 0.378 e. The predicted octanol–water partition coefficient (Wildman–Crippen LogP) is 0.0501. The average molecular weight is 155 g/mol. The molecule has 1 unspecified atom stereocenters. The second-order valence-corrected chi connectivity index (χ2v) is 3.26. The molecule has 62 valence electrons. The van der Waals surface area contributed by atoms with E-state index in [1.807, 2.05) is 0 Å². The highest BCUT2D eigenvalue weighted by molar-refractivity contribution is 5.80. The quantitative estimate of drug-likeness (QED) is 0.495. The highest BCUT2D eigenvalue weighted by Crippen LogP contribution is 2.16. The Morgan fingerprint density at radius 2 is 2.36 bits per heavy atom. The molecular weight excluding hydrogens is 142 g/mol. The van der Waals surface area contributed by atoms with Gasteiger partial charge in [-0.2, -0.15) is 0 Å². The summed E-state index contributed by atoms with van der Waals surface area (Å²) < 4.78 is 5.29. The van der Waals surface area contributed by atoms with Crippen molar-refractivity contribution in [2.45, 2.75) is 18.9 Å². The van der Waals surface area contributed by atoms with Gasteiger partial charge in [0.15, 0.2) is 0 Å². The SMILES string of the molecule is O=C1CCN2CCOCC2C1. The zero-order valence-electron chi connectivity index (χ0n) is 6.58. The minimum atomic E-state index is 0.394. The van der Waals surface area contributed by atoms with Crippen LogP contribution in [-0.2, 0) is 9.53 Å². The standard InChI is InChI=1S/C8H13NO2/c10-8-1-2-9-3-4-11-6-7(9)5-8/h7H,1-6H2. The number of carbonyl (C=O) groups excluding carboxylic acids is 1. The van der Waals surface area contributed by atoms with Crippen molar-refractivity contribution in [3.8, 4) is 0 Å². The maximum atomic E-state index is 11.0. The van der Waals surface area contributed by atoms with Crippen LogP contribution in [0.25, 0.3) is 0 Å². The Labute approximate surface area is 66.3 Å². The summed E-state index contributed by atoms with van der Waals surface area (Å²) in [6, 6.07) is 0.394. The maximum absolute atomic E-state index is 11.0. The first-order valence-corrected chi connectivity index (χ1v) is 4.20. The second kappa shape index (κ2) is 2.91. The normalized spacial score (nSPS) is 33.5. The zero-order valence-corrected chi connectivity index (χ0v) is 6.58. The van der Waals surface area contributed by atoms with E-state index in [0.29, 0.717) is 18.2 Å². The number of rotatable bonds is 0. The van der Waals surface area contributed by atoms with E-state index >= 15 is 0 Å². The van der Waals surface area contributed by atoms with Gasteiger partial charge in [0.2, 0.25) is 0 Å². The van der Waals surface area contributed by atoms with Crippen LogP contribution in [0.1, 0.15) is 12.8 Å². The Bertz CT molecular complexity index is 169. The molecule has 2 aliphatic heterocycles. The van der Waals surface area contributed by atoms with Crippen molar-refractivity contribution in [2.24, 2.45) is 0 Å². The van der Waals surface area contributed by atoms with Crippen molar-refractivity contribution in [1.29, 1.82) is 0 Å². The van der Waals surface area contributed by atoms with Gasteiger partial charge in [-0.25, -0.2) is 0 Å². The van der Waals surface area contributed by atoms with Crippen molar-refractivity contribution >= 4 is 5.78 Å². The third kappa shape index (κ3) is 1.44. The van der Waals surface area contributed by atoms with E-state index in [-0.39, 0.29) is 0 Å². The number of piperidine rings is 1. The van der Waals surface area contributed by atoms with Crippen LogP contribution in [0, 0.1) is 0 Å². The Morgan fingerprint density at radius 1 is 1.45 bits per heavy atom. The monoisotopic (exact) mass is 155 g/mol. The maximum Gasteiger partial charge on any atom is 0.135 e. The van der Waals surface area contributed by atoms with Gasteiger partial charge in [0.25, 0.3) is 0 Å². The van der Waals surface area contributed by atoms with E-state index in [0.717, 1.165) is 32.7 Å². The molecule has 0 aromatic rings. The van der Waals surface area contributed by atoms with Crippen LogP contribution in [-0.4, -0.2) is 43.0 Å². The highest BCUT2D eigenvalue weighted by atomic mass is 16.5. The number of carbonyl (C=O) groups is 1. The van der Waals surface area contributed by atoms with Gasteiger partial charge in [0.05, 0.1) is 13.2 Å². The fourth-order valence-electron chi connectivity index (χ4n) is 1.80. The van der Waals surface area contributed by atoms with E-state index in [1.54, 1.807) is 0 Å². The third-order valence-corrected chi connectivity index (χ3v) is 2.49. The number of fused-ring (bicyclic) bond motifs is 1. The number of ether oxygens (including phenoxy) is 1. The summed E-state index contributed by atoms with van der Waals surface area (Å²) in [5.41, 5.74) is 0. The van der Waals surface area contributed by atoms with Gasteiger partial charge in [-0.15, -0.1) is 0 Å². The molecule has 0 aromatic heterocycles. The van der Waals surface area contributed by atoms with Crippen molar-refractivity contribution in [2.75, 3.05) is 26.3 Å². The number of ketones is 1.